The van der Waals surface area contributed by atoms with Crippen molar-refractivity contribution in [2.45, 2.75) is 12.4 Å². The molecular weight excluding hydrogens is 326 g/mol. The Morgan fingerprint density at radius 1 is 1.05 bits per heavy atom. The van der Waals surface area contributed by atoms with Crippen molar-refractivity contribution in [2.75, 3.05) is 0 Å². The highest BCUT2D eigenvalue weighted by Gasteiger charge is 2.31. The summed E-state index contributed by atoms with van der Waals surface area (Å²) in [6, 6.07) is 7.84. The summed E-state index contributed by atoms with van der Waals surface area (Å²) >= 11 is 0. The van der Waals surface area contributed by atoms with Gasteiger partial charge in [-0.3, -0.25) is 0 Å². The SMILES string of the molecule is Cl.N[C@@H](c1ccc(OC(F)(F)F)cc1)c1cccc(F)c1O. The van der Waals surface area contributed by atoms with Gasteiger partial charge in [0.1, 0.15) is 5.75 Å². The van der Waals surface area contributed by atoms with Crippen LogP contribution in [-0.2, 0) is 0 Å². The highest BCUT2D eigenvalue weighted by molar-refractivity contribution is 5.85. The molecule has 2 rings (SSSR count). The van der Waals surface area contributed by atoms with Crippen LogP contribution in [0.1, 0.15) is 17.2 Å². The van der Waals surface area contributed by atoms with Crippen molar-refractivity contribution in [1.29, 1.82) is 0 Å². The number of halogens is 5. The molecule has 0 aliphatic carbocycles. The van der Waals surface area contributed by atoms with Crippen LogP contribution in [0.4, 0.5) is 17.6 Å². The number of alkyl halides is 3. The van der Waals surface area contributed by atoms with Crippen LogP contribution in [0.2, 0.25) is 0 Å². The Morgan fingerprint density at radius 2 is 1.64 bits per heavy atom. The van der Waals surface area contributed by atoms with Crippen LogP contribution in [0.15, 0.2) is 42.5 Å². The number of nitrogens with two attached hydrogens (primary N) is 1. The fourth-order valence-electron chi connectivity index (χ4n) is 1.84. The van der Waals surface area contributed by atoms with E-state index in [1.807, 2.05) is 0 Å². The molecule has 0 spiro atoms. The van der Waals surface area contributed by atoms with Crippen LogP contribution in [0.3, 0.4) is 0 Å². The predicted octanol–water partition coefficient (Wildman–Crippen LogP) is 3.90. The van der Waals surface area contributed by atoms with Crippen molar-refractivity contribution in [3.05, 3.63) is 59.4 Å². The molecule has 8 heteroatoms. The van der Waals surface area contributed by atoms with E-state index in [4.69, 9.17) is 5.73 Å². The quantitative estimate of drug-likeness (QED) is 0.835. The molecule has 0 radical (unpaired) electrons. The van der Waals surface area contributed by atoms with Gasteiger partial charge < -0.3 is 15.6 Å². The van der Waals surface area contributed by atoms with Crippen LogP contribution in [0, 0.1) is 5.82 Å². The third kappa shape index (κ3) is 4.25. The van der Waals surface area contributed by atoms with E-state index in [0.29, 0.717) is 5.56 Å². The summed E-state index contributed by atoms with van der Waals surface area (Å²) in [6.45, 7) is 0. The summed E-state index contributed by atoms with van der Waals surface area (Å²) in [7, 11) is 0. The molecule has 22 heavy (non-hydrogen) atoms. The Labute approximate surface area is 129 Å². The lowest BCUT2D eigenvalue weighted by Gasteiger charge is -2.15. The first-order valence-electron chi connectivity index (χ1n) is 5.86. The lowest BCUT2D eigenvalue weighted by atomic mass is 9.98. The third-order valence-corrected chi connectivity index (χ3v) is 2.83. The van der Waals surface area contributed by atoms with Gasteiger partial charge in [0.2, 0.25) is 0 Å². The Balaban J connectivity index is 0.00000242. The molecule has 0 saturated heterocycles. The van der Waals surface area contributed by atoms with Crippen molar-refractivity contribution < 1.29 is 27.4 Å². The second kappa shape index (κ2) is 6.85. The highest BCUT2D eigenvalue weighted by Crippen LogP contribution is 2.31. The van der Waals surface area contributed by atoms with Gasteiger partial charge in [-0.15, -0.1) is 25.6 Å². The molecule has 0 aromatic heterocycles. The van der Waals surface area contributed by atoms with Gasteiger partial charge in [0.25, 0.3) is 0 Å². The molecular formula is C14H12ClF4NO2. The van der Waals surface area contributed by atoms with Gasteiger partial charge in [-0.25, -0.2) is 4.39 Å². The highest BCUT2D eigenvalue weighted by atomic mass is 35.5. The summed E-state index contributed by atoms with van der Waals surface area (Å²) in [5.41, 5.74) is 6.42. The van der Waals surface area contributed by atoms with Gasteiger partial charge >= 0.3 is 6.36 Å². The number of rotatable bonds is 3. The maximum atomic E-state index is 13.3. The summed E-state index contributed by atoms with van der Waals surface area (Å²) < 4.78 is 53.1. The number of aromatic hydroxyl groups is 1. The lowest BCUT2D eigenvalue weighted by Crippen LogP contribution is -2.17. The Morgan fingerprint density at radius 3 is 2.18 bits per heavy atom. The zero-order valence-corrected chi connectivity index (χ0v) is 11.8. The van der Waals surface area contributed by atoms with Crippen molar-refractivity contribution in [1.82, 2.24) is 0 Å². The standard InChI is InChI=1S/C14H11F4NO2.ClH/c15-11-3-1-2-10(13(11)20)12(19)8-4-6-9(7-5-8)21-14(16,17)18;/h1-7,12,20H,19H2;1H/t12-;/m0./s1. The van der Waals surface area contributed by atoms with Crippen LogP contribution in [-0.4, -0.2) is 11.5 Å². The Kier molecular flexibility index (Phi) is 5.62. The Bertz CT molecular complexity index is 632. The van der Waals surface area contributed by atoms with E-state index in [1.165, 1.54) is 24.3 Å². The number of benzene rings is 2. The molecule has 2 aromatic rings. The maximum absolute atomic E-state index is 13.3. The number of phenolic OH excluding ortho intramolecular Hbond substituents is 1. The summed E-state index contributed by atoms with van der Waals surface area (Å²) in [6.07, 6.45) is -4.77. The number of hydrogen-bond acceptors (Lipinski definition) is 3. The van der Waals surface area contributed by atoms with E-state index in [9.17, 15) is 22.7 Å². The van der Waals surface area contributed by atoms with E-state index in [2.05, 4.69) is 4.74 Å². The fourth-order valence-corrected chi connectivity index (χ4v) is 1.84. The zero-order chi connectivity index (χ0) is 15.6. The van der Waals surface area contributed by atoms with Gasteiger partial charge in [0.05, 0.1) is 6.04 Å². The first-order chi connectivity index (χ1) is 9.78. The fraction of sp³-hybridized carbons (Fsp3) is 0.143. The molecule has 0 unspecified atom stereocenters. The molecule has 0 bridgehead atoms. The molecule has 3 N–H and O–H groups in total. The molecule has 0 saturated carbocycles. The second-order valence-electron chi connectivity index (χ2n) is 4.27. The van der Waals surface area contributed by atoms with Crippen LogP contribution in [0.25, 0.3) is 0 Å². The van der Waals surface area contributed by atoms with Gasteiger partial charge in [-0.2, -0.15) is 0 Å². The molecule has 120 valence electrons. The molecule has 0 aliphatic heterocycles. The monoisotopic (exact) mass is 337 g/mol. The first-order valence-corrected chi connectivity index (χ1v) is 5.86. The minimum atomic E-state index is -4.77. The van der Waals surface area contributed by atoms with Crippen LogP contribution < -0.4 is 10.5 Å². The number of hydrogen-bond donors (Lipinski definition) is 2. The average Bonchev–Trinajstić information content (AvgIpc) is 2.40. The molecule has 0 heterocycles. The van der Waals surface area contributed by atoms with Crippen molar-refractivity contribution in [2.24, 2.45) is 5.73 Å². The second-order valence-corrected chi connectivity index (χ2v) is 4.27. The van der Waals surface area contributed by atoms with Crippen molar-refractivity contribution >= 4 is 12.4 Å². The summed E-state index contributed by atoms with van der Waals surface area (Å²) in [4.78, 5) is 0. The zero-order valence-electron chi connectivity index (χ0n) is 11.0. The molecule has 1 atom stereocenters. The average molecular weight is 338 g/mol. The minimum absolute atomic E-state index is 0. The van der Waals surface area contributed by atoms with E-state index in [0.717, 1.165) is 18.2 Å². The molecule has 3 nitrogen and oxygen atoms in total. The molecule has 0 fully saturated rings. The Hall–Kier alpha value is -1.99. The van der Waals surface area contributed by atoms with Crippen molar-refractivity contribution in [3.63, 3.8) is 0 Å². The first kappa shape index (κ1) is 18.1. The molecule has 2 aromatic carbocycles. The lowest BCUT2D eigenvalue weighted by molar-refractivity contribution is -0.274. The van der Waals surface area contributed by atoms with Crippen molar-refractivity contribution in [3.8, 4) is 11.5 Å². The maximum Gasteiger partial charge on any atom is 0.573 e. The molecule has 0 aliphatic rings. The minimum Gasteiger partial charge on any atom is -0.505 e. The third-order valence-electron chi connectivity index (χ3n) is 2.83. The van der Waals surface area contributed by atoms with Gasteiger partial charge in [-0.1, -0.05) is 24.3 Å². The van der Waals surface area contributed by atoms with Crippen LogP contribution in [0.5, 0.6) is 11.5 Å². The summed E-state index contributed by atoms with van der Waals surface area (Å²) in [5.74, 6) is -1.79. The van der Waals surface area contributed by atoms with E-state index < -0.39 is 24.0 Å². The van der Waals surface area contributed by atoms with Crippen LogP contribution >= 0.6 is 12.4 Å². The predicted molar refractivity (Wildman–Crippen MR) is 74.5 cm³/mol. The molecule has 0 amide bonds. The number of phenols is 1. The number of ether oxygens (including phenoxy) is 1. The number of para-hydroxylation sites is 1. The van der Waals surface area contributed by atoms with E-state index in [-0.39, 0.29) is 23.7 Å². The normalized spacial score (nSPS) is 12.4. The van der Waals surface area contributed by atoms with E-state index in [1.54, 1.807) is 0 Å². The smallest absolute Gasteiger partial charge is 0.505 e. The summed E-state index contributed by atoms with van der Waals surface area (Å²) in [5, 5.41) is 9.61. The topological polar surface area (TPSA) is 55.5 Å². The largest absolute Gasteiger partial charge is 0.573 e. The van der Waals surface area contributed by atoms with Gasteiger partial charge in [-0.05, 0) is 23.8 Å². The van der Waals surface area contributed by atoms with Gasteiger partial charge in [0.15, 0.2) is 11.6 Å². The van der Waals surface area contributed by atoms with E-state index >= 15 is 0 Å². The van der Waals surface area contributed by atoms with Gasteiger partial charge in [0, 0.05) is 5.56 Å².